The largest absolute Gasteiger partial charge is 0.507 e. The Labute approximate surface area is 234 Å². The maximum atomic E-state index is 13.5. The fourth-order valence-corrected chi connectivity index (χ4v) is 5.17. The van der Waals surface area contributed by atoms with Gasteiger partial charge in [-0.3, -0.25) is 9.59 Å². The predicted octanol–water partition coefficient (Wildman–Crippen LogP) is 6.05. The molecular weight excluding hydrogens is 510 g/mol. The molecule has 1 N–H and O–H groups in total. The molecule has 3 heterocycles. The number of aliphatic hydroxyl groups is 1. The molecule has 2 atom stereocenters. The Balaban J connectivity index is 1.59. The number of amides is 1. The summed E-state index contributed by atoms with van der Waals surface area (Å²) in [7, 11) is 0. The zero-order valence-electron chi connectivity index (χ0n) is 23.3. The second-order valence-corrected chi connectivity index (χ2v) is 10.6. The molecule has 40 heavy (non-hydrogen) atoms. The van der Waals surface area contributed by atoms with Crippen molar-refractivity contribution in [2.24, 2.45) is 5.92 Å². The van der Waals surface area contributed by atoms with E-state index in [-0.39, 0.29) is 24.0 Å². The number of benzene rings is 2. The highest BCUT2D eigenvalue weighted by Crippen LogP contribution is 2.43. The minimum Gasteiger partial charge on any atom is -0.507 e. The van der Waals surface area contributed by atoms with Crippen molar-refractivity contribution in [3.8, 4) is 17.2 Å². The number of aliphatic hydroxyl groups excluding tert-OH is 1. The van der Waals surface area contributed by atoms with Crippen molar-refractivity contribution < 1.29 is 33.3 Å². The number of hydrogen-bond acceptors (Lipinski definition) is 7. The lowest BCUT2D eigenvalue weighted by Crippen LogP contribution is -2.29. The van der Waals surface area contributed by atoms with Crippen LogP contribution in [0.3, 0.4) is 0 Å². The molecule has 0 spiro atoms. The van der Waals surface area contributed by atoms with Crippen LogP contribution in [0.1, 0.15) is 62.6 Å². The Morgan fingerprint density at radius 1 is 1.10 bits per heavy atom. The second-order valence-electron chi connectivity index (χ2n) is 10.6. The number of ketones is 1. The van der Waals surface area contributed by atoms with Crippen LogP contribution in [-0.2, 0) is 22.6 Å². The monoisotopic (exact) mass is 545 g/mol. The summed E-state index contributed by atoms with van der Waals surface area (Å²) in [5.41, 5.74) is 2.03. The topological polar surface area (TPSA) is 98.4 Å². The van der Waals surface area contributed by atoms with Gasteiger partial charge in [0.15, 0.2) is 11.5 Å². The summed E-state index contributed by atoms with van der Waals surface area (Å²) in [5.74, 6) is 1.17. The van der Waals surface area contributed by atoms with Crippen LogP contribution in [0.2, 0.25) is 0 Å². The standard InChI is InChI=1S/C32H35NO7/c1-5-37-27-17-21(8-11-26(27)39-14-12-19(2)3)29-28(31(35)32(36)33(29)18-24-7-6-13-38-24)30(34)22-9-10-25-23(16-22)15-20(4)40-25/h6-11,13,16-17,19-20,29,34H,5,12,14-15,18H2,1-4H3. The van der Waals surface area contributed by atoms with Crippen LogP contribution in [0, 0.1) is 5.92 Å². The van der Waals surface area contributed by atoms with E-state index in [9.17, 15) is 14.7 Å². The summed E-state index contributed by atoms with van der Waals surface area (Å²) in [6, 6.07) is 13.3. The Hall–Kier alpha value is -4.20. The lowest BCUT2D eigenvalue weighted by Gasteiger charge is -2.25. The van der Waals surface area contributed by atoms with E-state index in [1.807, 2.05) is 26.0 Å². The van der Waals surface area contributed by atoms with Crippen molar-refractivity contribution in [2.45, 2.75) is 59.2 Å². The Morgan fingerprint density at radius 2 is 1.93 bits per heavy atom. The normalized spacial score (nSPS) is 19.7. The van der Waals surface area contributed by atoms with E-state index >= 15 is 0 Å². The maximum absolute atomic E-state index is 13.5. The molecule has 210 valence electrons. The van der Waals surface area contributed by atoms with Crippen molar-refractivity contribution in [1.29, 1.82) is 0 Å². The van der Waals surface area contributed by atoms with Gasteiger partial charge in [-0.05, 0) is 79.8 Å². The summed E-state index contributed by atoms with van der Waals surface area (Å²) in [5, 5.41) is 11.5. The zero-order chi connectivity index (χ0) is 28.4. The molecule has 1 saturated heterocycles. The lowest BCUT2D eigenvalue weighted by atomic mass is 9.94. The van der Waals surface area contributed by atoms with E-state index in [0.717, 1.165) is 17.7 Å². The number of hydrogen-bond donors (Lipinski definition) is 1. The van der Waals surface area contributed by atoms with Crippen molar-refractivity contribution in [2.75, 3.05) is 13.2 Å². The molecule has 1 amide bonds. The van der Waals surface area contributed by atoms with Crippen LogP contribution >= 0.6 is 0 Å². The third-order valence-corrected chi connectivity index (χ3v) is 7.15. The van der Waals surface area contributed by atoms with E-state index in [4.69, 9.17) is 18.6 Å². The fourth-order valence-electron chi connectivity index (χ4n) is 5.17. The van der Waals surface area contributed by atoms with Crippen molar-refractivity contribution in [3.63, 3.8) is 0 Å². The first-order valence-electron chi connectivity index (χ1n) is 13.8. The fraction of sp³-hybridized carbons (Fsp3) is 0.375. The number of ether oxygens (including phenoxy) is 3. The Morgan fingerprint density at radius 3 is 2.65 bits per heavy atom. The van der Waals surface area contributed by atoms with Crippen LogP contribution < -0.4 is 14.2 Å². The molecule has 0 bridgehead atoms. The van der Waals surface area contributed by atoms with Crippen molar-refractivity contribution >= 4 is 17.4 Å². The lowest BCUT2D eigenvalue weighted by molar-refractivity contribution is -0.140. The third kappa shape index (κ3) is 5.43. The first kappa shape index (κ1) is 27.4. The zero-order valence-corrected chi connectivity index (χ0v) is 23.3. The van der Waals surface area contributed by atoms with Gasteiger partial charge in [0.2, 0.25) is 0 Å². The van der Waals surface area contributed by atoms with E-state index in [1.54, 1.807) is 36.4 Å². The number of Topliss-reactive ketones (excluding diaryl/α,β-unsaturated/α-hetero) is 1. The quantitative estimate of drug-likeness (QED) is 0.188. The molecular formula is C32H35NO7. The van der Waals surface area contributed by atoms with E-state index in [1.165, 1.54) is 11.2 Å². The molecule has 3 aromatic rings. The molecule has 2 aliphatic rings. The Kier molecular flexibility index (Phi) is 7.87. The summed E-state index contributed by atoms with van der Waals surface area (Å²) in [4.78, 5) is 28.3. The number of nitrogens with zero attached hydrogens (tertiary/aromatic N) is 1. The van der Waals surface area contributed by atoms with E-state index in [2.05, 4.69) is 13.8 Å². The molecule has 1 fully saturated rings. The summed E-state index contributed by atoms with van der Waals surface area (Å²) in [6.45, 7) is 9.13. The van der Waals surface area contributed by atoms with Crippen LogP contribution in [0.25, 0.3) is 5.76 Å². The molecule has 0 aliphatic carbocycles. The molecule has 8 nitrogen and oxygen atoms in total. The van der Waals surface area contributed by atoms with Gasteiger partial charge in [-0.25, -0.2) is 0 Å². The highest BCUT2D eigenvalue weighted by molar-refractivity contribution is 6.46. The first-order valence-corrected chi connectivity index (χ1v) is 13.8. The molecule has 0 saturated carbocycles. The number of fused-ring (bicyclic) bond motifs is 1. The molecule has 2 aromatic carbocycles. The molecule has 0 radical (unpaired) electrons. The first-order chi connectivity index (χ1) is 19.3. The van der Waals surface area contributed by atoms with Gasteiger partial charge in [0, 0.05) is 12.0 Å². The molecule has 2 unspecified atom stereocenters. The average Bonchev–Trinajstić information content (AvgIpc) is 3.63. The number of furan rings is 1. The number of rotatable bonds is 10. The number of likely N-dealkylation sites (tertiary alicyclic amines) is 1. The van der Waals surface area contributed by atoms with Gasteiger partial charge in [-0.2, -0.15) is 0 Å². The van der Waals surface area contributed by atoms with E-state index < -0.39 is 17.7 Å². The minimum absolute atomic E-state index is 0.0133. The smallest absolute Gasteiger partial charge is 0.296 e. The van der Waals surface area contributed by atoms with Gasteiger partial charge in [0.1, 0.15) is 23.4 Å². The highest BCUT2D eigenvalue weighted by Gasteiger charge is 2.46. The van der Waals surface area contributed by atoms with Crippen molar-refractivity contribution in [3.05, 3.63) is 82.8 Å². The summed E-state index contributed by atoms with van der Waals surface area (Å²) >= 11 is 0. The van der Waals surface area contributed by atoms with E-state index in [0.29, 0.717) is 53.9 Å². The maximum Gasteiger partial charge on any atom is 0.296 e. The second kappa shape index (κ2) is 11.5. The summed E-state index contributed by atoms with van der Waals surface area (Å²) < 4.78 is 23.2. The van der Waals surface area contributed by atoms with Gasteiger partial charge in [-0.1, -0.05) is 19.9 Å². The molecule has 8 heteroatoms. The molecule has 5 rings (SSSR count). The average molecular weight is 546 g/mol. The Bertz CT molecular complexity index is 1420. The number of carbonyl (C=O) groups excluding carboxylic acids is 2. The van der Waals surface area contributed by atoms with Gasteiger partial charge in [0.05, 0.1) is 37.6 Å². The molecule has 2 aliphatic heterocycles. The number of carbonyl (C=O) groups is 2. The van der Waals surface area contributed by atoms with Crippen molar-refractivity contribution in [1.82, 2.24) is 4.90 Å². The highest BCUT2D eigenvalue weighted by atomic mass is 16.5. The molecule has 1 aromatic heterocycles. The van der Waals surface area contributed by atoms with Crippen LogP contribution in [0.15, 0.2) is 64.8 Å². The van der Waals surface area contributed by atoms with Crippen LogP contribution in [0.5, 0.6) is 17.2 Å². The third-order valence-electron chi connectivity index (χ3n) is 7.15. The predicted molar refractivity (Wildman–Crippen MR) is 149 cm³/mol. The SMILES string of the molecule is CCOc1cc(C2C(=C(O)c3ccc4c(c3)CC(C)O4)C(=O)C(=O)N2Cc2ccco2)ccc1OCCC(C)C. The van der Waals surface area contributed by atoms with Gasteiger partial charge < -0.3 is 28.6 Å². The minimum atomic E-state index is -0.863. The van der Waals surface area contributed by atoms with Gasteiger partial charge in [0.25, 0.3) is 11.7 Å². The van der Waals surface area contributed by atoms with Gasteiger partial charge >= 0.3 is 0 Å². The van der Waals surface area contributed by atoms with Crippen LogP contribution in [-0.4, -0.2) is 41.0 Å². The van der Waals surface area contributed by atoms with Gasteiger partial charge in [-0.15, -0.1) is 0 Å². The summed E-state index contributed by atoms with van der Waals surface area (Å²) in [6.07, 6.45) is 3.14. The van der Waals surface area contributed by atoms with Crippen LogP contribution in [0.4, 0.5) is 0 Å².